The number of benzene rings is 3. The Hall–Kier alpha value is -2.29. The third-order valence-electron chi connectivity index (χ3n) is 3.67. The number of ether oxygens (including phenoxy) is 1. The zero-order valence-electron chi connectivity index (χ0n) is 13.3. The summed E-state index contributed by atoms with van der Waals surface area (Å²) in [5, 5.41) is 4.05. The maximum Gasteiger partial charge on any atom is 0.418 e. The standard InChI is InChI=1S/C19H13F3INO2/c20-19(21,22)15-10-13(23)8-9-16(15)24-18(25)11-26-17-7-3-5-12-4-1-2-6-14(12)17/h1-10H,11H2,(H,24,25). The monoisotopic (exact) mass is 471 g/mol. The van der Waals surface area contributed by atoms with Crippen molar-refractivity contribution in [2.45, 2.75) is 6.18 Å². The molecule has 0 bridgehead atoms. The molecule has 7 heteroatoms. The number of fused-ring (bicyclic) bond motifs is 1. The van der Waals surface area contributed by atoms with Crippen LogP contribution >= 0.6 is 22.6 Å². The van der Waals surface area contributed by atoms with Crippen molar-refractivity contribution >= 4 is 45.0 Å². The molecule has 0 heterocycles. The molecule has 0 aliphatic carbocycles. The molecule has 26 heavy (non-hydrogen) atoms. The zero-order chi connectivity index (χ0) is 18.7. The fourth-order valence-corrected chi connectivity index (χ4v) is 3.00. The van der Waals surface area contributed by atoms with Crippen LogP contribution in [-0.2, 0) is 11.0 Å². The molecule has 0 unspecified atom stereocenters. The number of anilines is 1. The highest BCUT2D eigenvalue weighted by atomic mass is 127. The Morgan fingerprint density at radius 3 is 2.54 bits per heavy atom. The van der Waals surface area contributed by atoms with Crippen LogP contribution in [0.2, 0.25) is 0 Å². The molecule has 0 atom stereocenters. The molecule has 3 aromatic carbocycles. The van der Waals surface area contributed by atoms with Crippen LogP contribution in [0.4, 0.5) is 18.9 Å². The van der Waals surface area contributed by atoms with Crippen LogP contribution in [-0.4, -0.2) is 12.5 Å². The molecule has 0 spiro atoms. The van der Waals surface area contributed by atoms with Crippen molar-refractivity contribution in [3.63, 3.8) is 0 Å². The van der Waals surface area contributed by atoms with Gasteiger partial charge >= 0.3 is 6.18 Å². The van der Waals surface area contributed by atoms with Crippen LogP contribution in [0, 0.1) is 3.57 Å². The lowest BCUT2D eigenvalue weighted by Gasteiger charge is -2.15. The number of hydrogen-bond acceptors (Lipinski definition) is 2. The predicted molar refractivity (Wildman–Crippen MR) is 102 cm³/mol. The van der Waals surface area contributed by atoms with Gasteiger partial charge in [-0.3, -0.25) is 4.79 Å². The minimum Gasteiger partial charge on any atom is -0.483 e. The van der Waals surface area contributed by atoms with Gasteiger partial charge in [0.2, 0.25) is 0 Å². The summed E-state index contributed by atoms with van der Waals surface area (Å²) in [6.45, 7) is -0.392. The predicted octanol–water partition coefficient (Wildman–Crippen LogP) is 5.48. The Kier molecular flexibility index (Phi) is 5.36. The minimum atomic E-state index is -4.56. The summed E-state index contributed by atoms with van der Waals surface area (Å²) < 4.78 is 45.3. The first-order chi connectivity index (χ1) is 12.3. The van der Waals surface area contributed by atoms with E-state index in [0.29, 0.717) is 9.32 Å². The number of nitrogens with one attached hydrogen (secondary N) is 1. The number of rotatable bonds is 4. The van der Waals surface area contributed by atoms with Gasteiger partial charge in [0.05, 0.1) is 11.3 Å². The van der Waals surface area contributed by atoms with Crippen molar-refractivity contribution in [3.05, 3.63) is 69.8 Å². The second kappa shape index (κ2) is 7.53. The molecule has 1 N–H and O–H groups in total. The molecule has 3 aromatic rings. The average Bonchev–Trinajstić information content (AvgIpc) is 2.60. The average molecular weight is 471 g/mol. The molecule has 0 radical (unpaired) electrons. The van der Waals surface area contributed by atoms with E-state index in [4.69, 9.17) is 4.74 Å². The number of carbonyl (C=O) groups is 1. The topological polar surface area (TPSA) is 38.3 Å². The first-order valence-electron chi connectivity index (χ1n) is 7.62. The van der Waals surface area contributed by atoms with E-state index in [2.05, 4.69) is 5.32 Å². The van der Waals surface area contributed by atoms with Crippen molar-refractivity contribution in [2.24, 2.45) is 0 Å². The van der Waals surface area contributed by atoms with Gasteiger partial charge in [-0.05, 0) is 52.2 Å². The molecule has 3 nitrogen and oxygen atoms in total. The maximum absolute atomic E-state index is 13.1. The lowest BCUT2D eigenvalue weighted by molar-refractivity contribution is -0.137. The lowest BCUT2D eigenvalue weighted by atomic mass is 10.1. The van der Waals surface area contributed by atoms with E-state index < -0.39 is 24.3 Å². The van der Waals surface area contributed by atoms with Gasteiger partial charge in [-0.2, -0.15) is 13.2 Å². The summed E-state index contributed by atoms with van der Waals surface area (Å²) in [6, 6.07) is 16.6. The first kappa shape index (κ1) is 18.5. The highest BCUT2D eigenvalue weighted by Crippen LogP contribution is 2.35. The second-order valence-corrected chi connectivity index (χ2v) is 6.75. The van der Waals surface area contributed by atoms with Crippen LogP contribution in [0.5, 0.6) is 5.75 Å². The highest BCUT2D eigenvalue weighted by Gasteiger charge is 2.34. The van der Waals surface area contributed by atoms with E-state index in [-0.39, 0.29) is 5.69 Å². The number of alkyl halides is 3. The molecule has 0 aliphatic heterocycles. The van der Waals surface area contributed by atoms with Crippen LogP contribution in [0.25, 0.3) is 10.8 Å². The van der Waals surface area contributed by atoms with Gasteiger partial charge in [-0.1, -0.05) is 36.4 Å². The molecule has 3 rings (SSSR count). The van der Waals surface area contributed by atoms with Crippen LogP contribution < -0.4 is 10.1 Å². The fraction of sp³-hybridized carbons (Fsp3) is 0.105. The van der Waals surface area contributed by atoms with E-state index in [9.17, 15) is 18.0 Å². The van der Waals surface area contributed by atoms with Crippen molar-refractivity contribution in [2.75, 3.05) is 11.9 Å². The van der Waals surface area contributed by atoms with Gasteiger partial charge < -0.3 is 10.1 Å². The molecule has 134 valence electrons. The summed E-state index contributed by atoms with van der Waals surface area (Å²) >= 11 is 1.79. The second-order valence-electron chi connectivity index (χ2n) is 5.50. The SMILES string of the molecule is O=C(COc1cccc2ccccc12)Nc1ccc(I)cc1C(F)(F)F. The molecule has 0 fully saturated rings. The molecule has 0 saturated carbocycles. The Bertz CT molecular complexity index is 952. The van der Waals surface area contributed by atoms with E-state index in [1.165, 1.54) is 12.1 Å². The van der Waals surface area contributed by atoms with E-state index in [1.807, 2.05) is 30.3 Å². The molecule has 0 aliphatic rings. The van der Waals surface area contributed by atoms with Crippen molar-refractivity contribution in [3.8, 4) is 5.75 Å². The summed E-state index contributed by atoms with van der Waals surface area (Å²) in [6.07, 6.45) is -4.56. The molecular formula is C19H13F3INO2. The Balaban J connectivity index is 1.74. The van der Waals surface area contributed by atoms with Crippen LogP contribution in [0.15, 0.2) is 60.7 Å². The van der Waals surface area contributed by atoms with Gasteiger partial charge in [-0.25, -0.2) is 0 Å². The third-order valence-corrected chi connectivity index (χ3v) is 4.34. The summed E-state index contributed by atoms with van der Waals surface area (Å²) in [5.41, 5.74) is -1.17. The van der Waals surface area contributed by atoms with Gasteiger partial charge in [0.1, 0.15) is 5.75 Å². The zero-order valence-corrected chi connectivity index (χ0v) is 15.5. The van der Waals surface area contributed by atoms with Gasteiger partial charge in [0, 0.05) is 8.96 Å². The minimum absolute atomic E-state index is 0.288. The van der Waals surface area contributed by atoms with Crippen LogP contribution in [0.3, 0.4) is 0 Å². The lowest BCUT2D eigenvalue weighted by Crippen LogP contribution is -2.22. The summed E-state index contributed by atoms with van der Waals surface area (Å²) in [5.74, 6) is -0.165. The van der Waals surface area contributed by atoms with Gasteiger partial charge in [0.15, 0.2) is 6.61 Å². The van der Waals surface area contributed by atoms with E-state index in [0.717, 1.165) is 16.8 Å². The van der Waals surface area contributed by atoms with Crippen molar-refractivity contribution < 1.29 is 22.7 Å². The van der Waals surface area contributed by atoms with Crippen molar-refractivity contribution in [1.29, 1.82) is 0 Å². The van der Waals surface area contributed by atoms with Gasteiger partial charge in [0.25, 0.3) is 5.91 Å². The Morgan fingerprint density at radius 1 is 1.04 bits per heavy atom. The van der Waals surface area contributed by atoms with E-state index in [1.54, 1.807) is 34.7 Å². The molecule has 0 saturated heterocycles. The van der Waals surface area contributed by atoms with E-state index >= 15 is 0 Å². The smallest absolute Gasteiger partial charge is 0.418 e. The number of carbonyl (C=O) groups excluding carboxylic acids is 1. The Morgan fingerprint density at radius 2 is 1.77 bits per heavy atom. The number of hydrogen-bond donors (Lipinski definition) is 1. The number of halogens is 4. The molecule has 1 amide bonds. The summed E-state index contributed by atoms with van der Waals surface area (Å²) in [7, 11) is 0. The number of amides is 1. The third kappa shape index (κ3) is 4.27. The Labute approximate surface area is 161 Å². The first-order valence-corrected chi connectivity index (χ1v) is 8.69. The van der Waals surface area contributed by atoms with Crippen LogP contribution in [0.1, 0.15) is 5.56 Å². The highest BCUT2D eigenvalue weighted by molar-refractivity contribution is 14.1. The largest absolute Gasteiger partial charge is 0.483 e. The summed E-state index contributed by atoms with van der Waals surface area (Å²) in [4.78, 5) is 12.1. The molecule has 0 aromatic heterocycles. The quantitative estimate of drug-likeness (QED) is 0.512. The normalized spacial score (nSPS) is 11.4. The van der Waals surface area contributed by atoms with Gasteiger partial charge in [-0.15, -0.1) is 0 Å². The fourth-order valence-electron chi connectivity index (χ4n) is 2.51. The molecular weight excluding hydrogens is 458 g/mol. The maximum atomic E-state index is 13.1. The van der Waals surface area contributed by atoms with Crippen molar-refractivity contribution in [1.82, 2.24) is 0 Å².